The molecule has 0 saturated carbocycles. The van der Waals surface area contributed by atoms with E-state index in [4.69, 9.17) is 0 Å². The van der Waals surface area contributed by atoms with Gasteiger partial charge in [-0.15, -0.1) is 0 Å². The van der Waals surface area contributed by atoms with Gasteiger partial charge in [-0.3, -0.25) is 0 Å². The molecule has 0 amide bonds. The molecule has 0 bridgehead atoms. The molecule has 0 aliphatic heterocycles. The summed E-state index contributed by atoms with van der Waals surface area (Å²) in [6.07, 6.45) is 2.50. The van der Waals surface area contributed by atoms with Gasteiger partial charge in [0.25, 0.3) is 0 Å². The van der Waals surface area contributed by atoms with Crippen molar-refractivity contribution in [3.63, 3.8) is 0 Å². The maximum absolute atomic E-state index is 2.16. The zero-order valence-electron chi connectivity index (χ0n) is 28.5. The predicted octanol–water partition coefficient (Wildman–Crippen LogP) is 13.8. The van der Waals surface area contributed by atoms with Crippen molar-refractivity contribution in [1.82, 2.24) is 0 Å². The molecule has 6 aromatic carbocycles. The first-order valence-electron chi connectivity index (χ1n) is 16.3. The van der Waals surface area contributed by atoms with Crippen molar-refractivity contribution in [3.8, 4) is 33.4 Å². The lowest BCUT2D eigenvalue weighted by molar-refractivity contribution is 1.09. The maximum atomic E-state index is 2.16. The highest BCUT2D eigenvalue weighted by Gasteiger charge is 1.99. The first kappa shape index (κ1) is 36.5. The van der Waals surface area contributed by atoms with Gasteiger partial charge in [0, 0.05) is 0 Å². The van der Waals surface area contributed by atoms with E-state index in [0.29, 0.717) is 0 Å². The molecule has 45 heavy (non-hydrogen) atoms. The van der Waals surface area contributed by atoms with Crippen LogP contribution in [0.15, 0.2) is 164 Å². The molecular formula is C45H52. The van der Waals surface area contributed by atoms with Crippen LogP contribution < -0.4 is 0 Å². The first-order chi connectivity index (χ1) is 22.0. The van der Waals surface area contributed by atoms with Gasteiger partial charge < -0.3 is 0 Å². The molecule has 0 radical (unpaired) electrons. The Morgan fingerprint density at radius 3 is 0.644 bits per heavy atom. The van der Waals surface area contributed by atoms with E-state index in [2.05, 4.69) is 194 Å². The third kappa shape index (κ3) is 13.2. The van der Waals surface area contributed by atoms with E-state index in [-0.39, 0.29) is 0 Å². The normalized spacial score (nSPS) is 9.40. The van der Waals surface area contributed by atoms with Crippen LogP contribution in [0.3, 0.4) is 0 Å². The van der Waals surface area contributed by atoms with Gasteiger partial charge in [-0.1, -0.05) is 204 Å². The van der Waals surface area contributed by atoms with Crippen molar-refractivity contribution in [2.75, 3.05) is 0 Å². The molecule has 0 fully saturated rings. The Kier molecular flexibility index (Phi) is 17.8. The molecule has 0 N–H and O–H groups in total. The van der Waals surface area contributed by atoms with Crippen molar-refractivity contribution in [2.24, 2.45) is 0 Å². The summed E-state index contributed by atoms with van der Waals surface area (Å²) in [5.41, 5.74) is 11.8. The zero-order valence-corrected chi connectivity index (χ0v) is 28.5. The summed E-state index contributed by atoms with van der Waals surface area (Å²) in [4.78, 5) is 0. The minimum absolute atomic E-state index is 1.25. The highest BCUT2D eigenvalue weighted by Crippen LogP contribution is 2.23. The van der Waals surface area contributed by atoms with E-state index in [0.717, 1.165) is 0 Å². The van der Waals surface area contributed by atoms with Crippen LogP contribution in [-0.2, 0) is 0 Å². The fourth-order valence-corrected chi connectivity index (χ4v) is 4.54. The molecule has 0 heteroatoms. The number of rotatable bonds is 3. The van der Waals surface area contributed by atoms with Gasteiger partial charge in [-0.2, -0.15) is 0 Å². The van der Waals surface area contributed by atoms with Crippen LogP contribution in [0.25, 0.3) is 33.4 Å². The lowest BCUT2D eigenvalue weighted by Crippen LogP contribution is -1.80. The molecule has 0 spiro atoms. The average Bonchev–Trinajstić information content (AvgIpc) is 3.08. The number of aryl methyl sites for hydroxylation is 3. The molecule has 0 heterocycles. The van der Waals surface area contributed by atoms with Gasteiger partial charge in [0.05, 0.1) is 0 Å². The summed E-state index contributed by atoms with van der Waals surface area (Å²) in [7, 11) is 0. The molecule has 232 valence electrons. The Morgan fingerprint density at radius 2 is 0.444 bits per heavy atom. The number of hydrogen-bond donors (Lipinski definition) is 0. The van der Waals surface area contributed by atoms with E-state index in [1.54, 1.807) is 0 Å². The van der Waals surface area contributed by atoms with Gasteiger partial charge in [-0.05, 0) is 70.8 Å². The van der Waals surface area contributed by atoms with E-state index in [1.165, 1.54) is 62.9 Å². The Balaban J connectivity index is 0.000000216. The van der Waals surface area contributed by atoms with Crippen LogP contribution in [0.4, 0.5) is 0 Å². The highest BCUT2D eigenvalue weighted by molar-refractivity contribution is 5.68. The lowest BCUT2D eigenvalue weighted by Gasteiger charge is -2.04. The van der Waals surface area contributed by atoms with Gasteiger partial charge >= 0.3 is 0 Å². The smallest absolute Gasteiger partial charge is 0.0155 e. The summed E-state index contributed by atoms with van der Waals surface area (Å²) in [6, 6.07) is 56.8. The minimum Gasteiger partial charge on any atom is -0.0656 e. The SMILES string of the molecule is CCC.CCC.Cc1ccccc1-c1ccccc1.Cc1ccccc1-c1ccccc1.Cc1ccccc1-c1ccccc1. The van der Waals surface area contributed by atoms with Crippen molar-refractivity contribution < 1.29 is 0 Å². The van der Waals surface area contributed by atoms with E-state index in [1.807, 2.05) is 18.2 Å². The molecule has 0 unspecified atom stereocenters. The fraction of sp³-hybridized carbons (Fsp3) is 0.200. The predicted molar refractivity (Wildman–Crippen MR) is 202 cm³/mol. The monoisotopic (exact) mass is 592 g/mol. The fourth-order valence-electron chi connectivity index (χ4n) is 4.54. The summed E-state index contributed by atoms with van der Waals surface area (Å²) in [5.74, 6) is 0. The number of benzene rings is 6. The Morgan fingerprint density at radius 1 is 0.267 bits per heavy atom. The Hall–Kier alpha value is -4.68. The largest absolute Gasteiger partial charge is 0.0656 e. The van der Waals surface area contributed by atoms with E-state index >= 15 is 0 Å². The molecule has 0 atom stereocenters. The van der Waals surface area contributed by atoms with Crippen LogP contribution >= 0.6 is 0 Å². The quantitative estimate of drug-likeness (QED) is 0.192. The highest BCUT2D eigenvalue weighted by atomic mass is 14.0. The summed E-state index contributed by atoms with van der Waals surface area (Å²) < 4.78 is 0. The second-order valence-electron chi connectivity index (χ2n) is 11.0. The maximum Gasteiger partial charge on any atom is -0.0155 e. The second kappa shape index (κ2) is 21.9. The first-order valence-corrected chi connectivity index (χ1v) is 16.3. The van der Waals surface area contributed by atoms with Crippen LogP contribution in [0.1, 0.15) is 57.2 Å². The number of hydrogen-bond acceptors (Lipinski definition) is 0. The van der Waals surface area contributed by atoms with Gasteiger partial charge in [0.1, 0.15) is 0 Å². The van der Waals surface area contributed by atoms with E-state index < -0.39 is 0 Å². The summed E-state index contributed by atoms with van der Waals surface area (Å²) in [5, 5.41) is 0. The van der Waals surface area contributed by atoms with Gasteiger partial charge in [0.15, 0.2) is 0 Å². The van der Waals surface area contributed by atoms with Crippen LogP contribution in [0.2, 0.25) is 0 Å². The van der Waals surface area contributed by atoms with E-state index in [9.17, 15) is 0 Å². The third-order valence-corrected chi connectivity index (χ3v) is 6.69. The van der Waals surface area contributed by atoms with Crippen molar-refractivity contribution in [1.29, 1.82) is 0 Å². The van der Waals surface area contributed by atoms with Crippen LogP contribution in [0.5, 0.6) is 0 Å². The molecular weight excluding hydrogens is 540 g/mol. The average molecular weight is 593 g/mol. The third-order valence-electron chi connectivity index (χ3n) is 6.69. The molecule has 0 saturated heterocycles. The minimum atomic E-state index is 1.25. The molecule has 0 nitrogen and oxygen atoms in total. The molecule has 0 aliphatic carbocycles. The Labute approximate surface area is 274 Å². The molecule has 0 aliphatic rings. The molecule has 0 aromatic heterocycles. The van der Waals surface area contributed by atoms with Gasteiger partial charge in [-0.25, -0.2) is 0 Å². The van der Waals surface area contributed by atoms with Crippen molar-refractivity contribution in [2.45, 2.75) is 61.3 Å². The van der Waals surface area contributed by atoms with Crippen LogP contribution in [-0.4, -0.2) is 0 Å². The molecule has 6 rings (SSSR count). The summed E-state index contributed by atoms with van der Waals surface area (Å²) >= 11 is 0. The van der Waals surface area contributed by atoms with Crippen molar-refractivity contribution in [3.05, 3.63) is 180 Å². The standard InChI is InChI=1S/3C13H12.2C3H8/c3*1-11-7-5-6-10-13(11)12-8-3-2-4-9-12;2*1-3-2/h3*2-10H,1H3;2*3H2,1-2H3. The lowest BCUT2D eigenvalue weighted by atomic mass is 10.0. The Bertz CT molecular complexity index is 1390. The van der Waals surface area contributed by atoms with Crippen LogP contribution in [0, 0.1) is 20.8 Å². The van der Waals surface area contributed by atoms with Gasteiger partial charge in [0.2, 0.25) is 0 Å². The second-order valence-corrected chi connectivity index (χ2v) is 11.0. The molecule has 6 aromatic rings. The van der Waals surface area contributed by atoms with Crippen molar-refractivity contribution >= 4 is 0 Å². The topological polar surface area (TPSA) is 0 Å². The zero-order chi connectivity index (χ0) is 32.7. The summed E-state index contributed by atoms with van der Waals surface area (Å²) in [6.45, 7) is 14.9.